The topological polar surface area (TPSA) is 82.8 Å². The summed E-state index contributed by atoms with van der Waals surface area (Å²) in [5, 5.41) is 2.94. The Balaban J connectivity index is 1.30. The SMILES string of the molecule is NCCCCC(COOCc1ccccc1)NC(=O)OCC1c2ccccc2-c2ccccc21. The first kappa shape index (κ1) is 24.0. The molecule has 1 amide bonds. The molecule has 1 atom stereocenters. The van der Waals surface area contributed by atoms with Crippen LogP contribution in [0.4, 0.5) is 4.79 Å². The Morgan fingerprint density at radius 2 is 1.50 bits per heavy atom. The fourth-order valence-corrected chi connectivity index (χ4v) is 4.35. The molecule has 0 aliphatic heterocycles. The lowest BCUT2D eigenvalue weighted by Crippen LogP contribution is -2.39. The number of alkyl carbamates (subject to hydrolysis) is 1. The largest absolute Gasteiger partial charge is 0.449 e. The molecule has 0 heterocycles. The molecule has 0 bridgehead atoms. The summed E-state index contributed by atoms with van der Waals surface area (Å²) in [6.45, 7) is 1.48. The van der Waals surface area contributed by atoms with Crippen molar-refractivity contribution < 1.29 is 19.3 Å². The van der Waals surface area contributed by atoms with Crippen LogP contribution in [0, 0.1) is 0 Å². The zero-order valence-corrected chi connectivity index (χ0v) is 19.3. The number of benzene rings is 3. The molecular weight excluding hydrogens is 428 g/mol. The van der Waals surface area contributed by atoms with Gasteiger partial charge in [-0.2, -0.15) is 0 Å². The van der Waals surface area contributed by atoms with Crippen LogP contribution in [0.2, 0.25) is 0 Å². The summed E-state index contributed by atoms with van der Waals surface area (Å²) in [6.07, 6.45) is 2.04. The maximum atomic E-state index is 12.7. The van der Waals surface area contributed by atoms with Crippen LogP contribution in [0.15, 0.2) is 78.9 Å². The zero-order valence-electron chi connectivity index (χ0n) is 19.3. The van der Waals surface area contributed by atoms with Gasteiger partial charge in [0.05, 0.1) is 6.04 Å². The van der Waals surface area contributed by atoms with Gasteiger partial charge in [-0.25, -0.2) is 14.6 Å². The Hall–Kier alpha value is -3.19. The van der Waals surface area contributed by atoms with E-state index >= 15 is 0 Å². The maximum Gasteiger partial charge on any atom is 0.407 e. The number of hydrogen-bond donors (Lipinski definition) is 2. The molecule has 0 saturated heterocycles. The van der Waals surface area contributed by atoms with Crippen molar-refractivity contribution in [3.8, 4) is 11.1 Å². The highest BCUT2D eigenvalue weighted by Gasteiger charge is 2.29. The third-order valence-corrected chi connectivity index (χ3v) is 6.09. The number of carbonyl (C=O) groups is 1. The van der Waals surface area contributed by atoms with Crippen LogP contribution in [0.3, 0.4) is 0 Å². The summed E-state index contributed by atoms with van der Waals surface area (Å²) in [5.74, 6) is 0.0271. The number of fused-ring (bicyclic) bond motifs is 3. The minimum atomic E-state index is -0.453. The fraction of sp³-hybridized carbons (Fsp3) is 0.321. The van der Waals surface area contributed by atoms with Crippen molar-refractivity contribution in [1.29, 1.82) is 0 Å². The van der Waals surface area contributed by atoms with Crippen molar-refractivity contribution in [1.82, 2.24) is 5.32 Å². The molecule has 0 spiro atoms. The fourth-order valence-electron chi connectivity index (χ4n) is 4.35. The minimum absolute atomic E-state index is 0.0271. The summed E-state index contributed by atoms with van der Waals surface area (Å²) < 4.78 is 5.68. The zero-order chi connectivity index (χ0) is 23.6. The number of unbranched alkanes of at least 4 members (excludes halogenated alkanes) is 1. The summed E-state index contributed by atoms with van der Waals surface area (Å²) >= 11 is 0. The van der Waals surface area contributed by atoms with E-state index in [0.717, 1.165) is 24.8 Å². The summed E-state index contributed by atoms with van der Waals surface area (Å²) in [6, 6.07) is 26.2. The highest BCUT2D eigenvalue weighted by molar-refractivity contribution is 5.79. The normalized spacial score (nSPS) is 13.2. The number of ether oxygens (including phenoxy) is 1. The first-order chi connectivity index (χ1) is 16.8. The standard InChI is InChI=1S/C28H32N2O4/c29-17-9-8-12-22(19-34-33-18-21-10-2-1-3-11-21)30-28(31)32-20-27-25-15-6-4-13-23(25)24-14-5-7-16-26(24)27/h1-7,10-11,13-16,22,27H,8-9,12,17-20,29H2,(H,30,31). The number of amides is 1. The highest BCUT2D eigenvalue weighted by Crippen LogP contribution is 2.44. The summed E-state index contributed by atoms with van der Waals surface area (Å²) in [5.41, 5.74) is 11.4. The van der Waals surface area contributed by atoms with Gasteiger partial charge in [-0.3, -0.25) is 0 Å². The van der Waals surface area contributed by atoms with Gasteiger partial charge in [0, 0.05) is 5.92 Å². The second-order valence-electron chi connectivity index (χ2n) is 8.48. The number of carbonyl (C=O) groups excluding carboxylic acids is 1. The van der Waals surface area contributed by atoms with Gasteiger partial charge in [-0.15, -0.1) is 0 Å². The smallest absolute Gasteiger partial charge is 0.407 e. The molecule has 6 nitrogen and oxygen atoms in total. The number of rotatable bonds is 12. The van der Waals surface area contributed by atoms with E-state index in [-0.39, 0.29) is 25.2 Å². The average molecular weight is 461 g/mol. The van der Waals surface area contributed by atoms with Gasteiger partial charge in [0.2, 0.25) is 0 Å². The Kier molecular flexibility index (Phi) is 8.68. The summed E-state index contributed by atoms with van der Waals surface area (Å²) in [4.78, 5) is 23.4. The van der Waals surface area contributed by atoms with Crippen LogP contribution in [-0.4, -0.2) is 31.9 Å². The molecular formula is C28H32N2O4. The Labute approximate surface area is 201 Å². The predicted octanol–water partition coefficient (Wildman–Crippen LogP) is 5.17. The van der Waals surface area contributed by atoms with E-state index < -0.39 is 6.09 Å². The summed E-state index contributed by atoms with van der Waals surface area (Å²) in [7, 11) is 0. The van der Waals surface area contributed by atoms with Crippen molar-refractivity contribution >= 4 is 6.09 Å². The predicted molar refractivity (Wildman–Crippen MR) is 132 cm³/mol. The van der Waals surface area contributed by atoms with Gasteiger partial charge >= 0.3 is 6.09 Å². The molecule has 1 aliphatic carbocycles. The minimum Gasteiger partial charge on any atom is -0.449 e. The van der Waals surface area contributed by atoms with Gasteiger partial charge < -0.3 is 15.8 Å². The molecule has 0 radical (unpaired) electrons. The van der Waals surface area contributed by atoms with E-state index in [2.05, 4.69) is 29.6 Å². The van der Waals surface area contributed by atoms with Crippen molar-refractivity contribution in [3.05, 3.63) is 95.6 Å². The second kappa shape index (κ2) is 12.3. The quantitative estimate of drug-likeness (QED) is 0.221. The number of nitrogens with two attached hydrogens (primary N) is 1. The molecule has 6 heteroatoms. The van der Waals surface area contributed by atoms with E-state index in [9.17, 15) is 4.79 Å². The molecule has 3 N–H and O–H groups in total. The monoisotopic (exact) mass is 460 g/mol. The van der Waals surface area contributed by atoms with E-state index in [1.165, 1.54) is 22.3 Å². The van der Waals surface area contributed by atoms with Crippen molar-refractivity contribution in [2.24, 2.45) is 5.73 Å². The lowest BCUT2D eigenvalue weighted by atomic mass is 9.98. The van der Waals surface area contributed by atoms with Gasteiger partial charge in [0.25, 0.3) is 0 Å². The van der Waals surface area contributed by atoms with Crippen LogP contribution in [0.5, 0.6) is 0 Å². The van der Waals surface area contributed by atoms with E-state index in [1.54, 1.807) is 0 Å². The molecule has 1 aliphatic rings. The lowest BCUT2D eigenvalue weighted by molar-refractivity contribution is -0.307. The van der Waals surface area contributed by atoms with E-state index in [1.807, 2.05) is 54.6 Å². The van der Waals surface area contributed by atoms with Crippen molar-refractivity contribution in [2.75, 3.05) is 19.8 Å². The highest BCUT2D eigenvalue weighted by atomic mass is 17.2. The molecule has 34 heavy (non-hydrogen) atoms. The molecule has 4 rings (SSSR count). The van der Waals surface area contributed by atoms with Gasteiger partial charge in [-0.1, -0.05) is 85.3 Å². The van der Waals surface area contributed by atoms with Crippen LogP contribution in [0.1, 0.15) is 41.9 Å². The molecule has 3 aromatic rings. The first-order valence-electron chi connectivity index (χ1n) is 11.9. The first-order valence-corrected chi connectivity index (χ1v) is 11.9. The maximum absolute atomic E-state index is 12.7. The van der Waals surface area contributed by atoms with Crippen molar-refractivity contribution in [3.63, 3.8) is 0 Å². The molecule has 1 unspecified atom stereocenters. The molecule has 0 saturated carbocycles. The van der Waals surface area contributed by atoms with Crippen molar-refractivity contribution in [2.45, 2.75) is 37.8 Å². The number of nitrogens with one attached hydrogen (secondary N) is 1. The third kappa shape index (κ3) is 6.23. The number of hydrogen-bond acceptors (Lipinski definition) is 5. The lowest BCUT2D eigenvalue weighted by Gasteiger charge is -2.19. The van der Waals surface area contributed by atoms with Crippen LogP contribution in [-0.2, 0) is 21.1 Å². The van der Waals surface area contributed by atoms with Crippen LogP contribution < -0.4 is 11.1 Å². The molecule has 3 aromatic carbocycles. The van der Waals surface area contributed by atoms with Crippen LogP contribution in [0.25, 0.3) is 11.1 Å². The Bertz CT molecular complexity index is 1010. The molecule has 0 aromatic heterocycles. The molecule has 0 fully saturated rings. The Morgan fingerprint density at radius 1 is 0.853 bits per heavy atom. The average Bonchev–Trinajstić information content (AvgIpc) is 3.19. The van der Waals surface area contributed by atoms with E-state index in [4.69, 9.17) is 20.2 Å². The third-order valence-electron chi connectivity index (χ3n) is 6.09. The van der Waals surface area contributed by atoms with E-state index in [0.29, 0.717) is 13.2 Å². The molecule has 178 valence electrons. The second-order valence-corrected chi connectivity index (χ2v) is 8.48. The van der Waals surface area contributed by atoms with Gasteiger partial charge in [0.1, 0.15) is 19.8 Å². The van der Waals surface area contributed by atoms with Gasteiger partial charge in [-0.05, 0) is 47.2 Å². The van der Waals surface area contributed by atoms with Crippen LogP contribution >= 0.6 is 0 Å². The van der Waals surface area contributed by atoms with Gasteiger partial charge in [0.15, 0.2) is 0 Å². The Morgan fingerprint density at radius 3 is 2.18 bits per heavy atom.